The van der Waals surface area contributed by atoms with Crippen molar-refractivity contribution in [2.45, 2.75) is 31.6 Å². The van der Waals surface area contributed by atoms with E-state index in [2.05, 4.69) is 60.1 Å². The van der Waals surface area contributed by atoms with Crippen molar-refractivity contribution >= 4 is 38.9 Å². The number of alkyl halides is 1. The SMILES string of the molecule is CCC(C)c1ccc(C(Cl)c2ccc(Br)s2)cc1. The van der Waals surface area contributed by atoms with E-state index in [1.165, 1.54) is 16.9 Å². The van der Waals surface area contributed by atoms with Gasteiger partial charge in [-0.05, 0) is 51.5 Å². The predicted molar refractivity (Wildman–Crippen MR) is 84.9 cm³/mol. The molecule has 0 radical (unpaired) electrons. The second kappa shape index (κ2) is 6.23. The van der Waals surface area contributed by atoms with Crippen LogP contribution < -0.4 is 0 Å². The normalized spacial score (nSPS) is 14.4. The van der Waals surface area contributed by atoms with E-state index in [0.29, 0.717) is 5.92 Å². The van der Waals surface area contributed by atoms with Gasteiger partial charge in [-0.3, -0.25) is 0 Å². The van der Waals surface area contributed by atoms with E-state index in [-0.39, 0.29) is 5.38 Å². The van der Waals surface area contributed by atoms with Crippen molar-refractivity contribution in [3.63, 3.8) is 0 Å². The molecule has 1 heterocycles. The maximum absolute atomic E-state index is 6.50. The molecule has 1 aromatic carbocycles. The van der Waals surface area contributed by atoms with Gasteiger partial charge in [-0.15, -0.1) is 22.9 Å². The topological polar surface area (TPSA) is 0 Å². The second-order valence-electron chi connectivity index (χ2n) is 4.48. The molecule has 0 saturated heterocycles. The Morgan fingerprint density at radius 3 is 2.22 bits per heavy atom. The highest BCUT2D eigenvalue weighted by atomic mass is 79.9. The lowest BCUT2D eigenvalue weighted by Crippen LogP contribution is -1.94. The molecule has 0 spiro atoms. The summed E-state index contributed by atoms with van der Waals surface area (Å²) in [5.41, 5.74) is 2.55. The molecule has 0 aliphatic rings. The van der Waals surface area contributed by atoms with Crippen molar-refractivity contribution in [3.8, 4) is 0 Å². The minimum absolute atomic E-state index is 0.0488. The van der Waals surface area contributed by atoms with E-state index in [1.54, 1.807) is 11.3 Å². The largest absolute Gasteiger partial charge is 0.131 e. The van der Waals surface area contributed by atoms with Crippen LogP contribution in [0, 0.1) is 0 Å². The number of benzene rings is 1. The van der Waals surface area contributed by atoms with E-state index >= 15 is 0 Å². The summed E-state index contributed by atoms with van der Waals surface area (Å²) in [6.45, 7) is 4.47. The summed E-state index contributed by atoms with van der Waals surface area (Å²) in [5.74, 6) is 0.615. The van der Waals surface area contributed by atoms with Crippen LogP contribution in [0.1, 0.15) is 47.6 Å². The summed E-state index contributed by atoms with van der Waals surface area (Å²) in [6, 6.07) is 12.8. The van der Waals surface area contributed by atoms with E-state index in [0.717, 1.165) is 9.35 Å². The van der Waals surface area contributed by atoms with Gasteiger partial charge in [0.15, 0.2) is 0 Å². The summed E-state index contributed by atoms with van der Waals surface area (Å²) in [4.78, 5) is 1.18. The maximum atomic E-state index is 6.50. The van der Waals surface area contributed by atoms with Gasteiger partial charge >= 0.3 is 0 Å². The Labute approximate surface area is 126 Å². The van der Waals surface area contributed by atoms with Crippen molar-refractivity contribution < 1.29 is 0 Å². The van der Waals surface area contributed by atoms with Crippen molar-refractivity contribution in [2.24, 2.45) is 0 Å². The minimum Gasteiger partial charge on any atom is -0.131 e. The van der Waals surface area contributed by atoms with E-state index in [1.807, 2.05) is 6.07 Å². The second-order valence-corrected chi connectivity index (χ2v) is 7.41. The molecule has 0 aliphatic heterocycles. The zero-order valence-corrected chi connectivity index (χ0v) is 13.6. The standard InChI is InChI=1S/C15H16BrClS/c1-3-10(2)11-4-6-12(7-5-11)15(17)13-8-9-14(16)18-13/h4-10,15H,3H2,1-2H3. The summed E-state index contributed by atoms with van der Waals surface area (Å²) in [5, 5.41) is -0.0488. The van der Waals surface area contributed by atoms with Crippen LogP contribution in [0.5, 0.6) is 0 Å². The van der Waals surface area contributed by atoms with E-state index < -0.39 is 0 Å². The minimum atomic E-state index is -0.0488. The maximum Gasteiger partial charge on any atom is 0.0928 e. The molecule has 0 fully saturated rings. The summed E-state index contributed by atoms with van der Waals surface area (Å²) < 4.78 is 1.12. The van der Waals surface area contributed by atoms with Gasteiger partial charge in [-0.25, -0.2) is 0 Å². The molecule has 18 heavy (non-hydrogen) atoms. The Morgan fingerprint density at radius 1 is 1.11 bits per heavy atom. The first-order chi connectivity index (χ1) is 8.61. The predicted octanol–water partition coefficient (Wildman–Crippen LogP) is 6.35. The van der Waals surface area contributed by atoms with E-state index in [9.17, 15) is 0 Å². The Balaban J connectivity index is 2.19. The molecule has 2 rings (SSSR count). The lowest BCUT2D eigenvalue weighted by molar-refractivity contribution is 0.733. The fraction of sp³-hybridized carbons (Fsp3) is 0.333. The Morgan fingerprint density at radius 2 is 1.72 bits per heavy atom. The van der Waals surface area contributed by atoms with Crippen LogP contribution in [0.15, 0.2) is 40.2 Å². The molecular formula is C15H16BrClS. The van der Waals surface area contributed by atoms with Gasteiger partial charge in [0, 0.05) is 4.88 Å². The quantitative estimate of drug-likeness (QED) is 0.567. The van der Waals surface area contributed by atoms with Crippen LogP contribution in [-0.2, 0) is 0 Å². The number of thiophene rings is 1. The highest BCUT2D eigenvalue weighted by Gasteiger charge is 2.13. The Bertz CT molecular complexity index is 503. The first-order valence-electron chi connectivity index (χ1n) is 6.11. The lowest BCUT2D eigenvalue weighted by Gasteiger charge is -2.12. The fourth-order valence-corrected chi connectivity index (χ4v) is 3.64. The third kappa shape index (κ3) is 3.17. The fourth-order valence-electron chi connectivity index (χ4n) is 1.86. The molecule has 0 amide bonds. The van der Waals surface area contributed by atoms with Gasteiger partial charge in [0.05, 0.1) is 9.16 Å². The van der Waals surface area contributed by atoms with Gasteiger partial charge in [0.1, 0.15) is 0 Å². The molecule has 2 unspecified atom stereocenters. The molecule has 0 N–H and O–H groups in total. The van der Waals surface area contributed by atoms with Crippen LogP contribution in [0.4, 0.5) is 0 Å². The number of rotatable bonds is 4. The lowest BCUT2D eigenvalue weighted by atomic mass is 9.97. The molecule has 0 aliphatic carbocycles. The van der Waals surface area contributed by atoms with Crippen LogP contribution in [0.25, 0.3) is 0 Å². The first kappa shape index (κ1) is 14.1. The highest BCUT2D eigenvalue weighted by Crippen LogP contribution is 2.36. The third-order valence-corrected chi connectivity index (χ3v) is 5.56. The van der Waals surface area contributed by atoms with Crippen LogP contribution in [0.2, 0.25) is 0 Å². The smallest absolute Gasteiger partial charge is 0.0928 e. The average Bonchev–Trinajstić information content (AvgIpc) is 2.84. The molecule has 3 heteroatoms. The molecule has 96 valence electrons. The molecule has 0 saturated carbocycles. The molecule has 2 aromatic rings. The van der Waals surface area contributed by atoms with Gasteiger partial charge in [0.25, 0.3) is 0 Å². The average molecular weight is 344 g/mol. The monoisotopic (exact) mass is 342 g/mol. The number of hydrogen-bond acceptors (Lipinski definition) is 1. The van der Waals surface area contributed by atoms with Crippen molar-refractivity contribution in [2.75, 3.05) is 0 Å². The zero-order chi connectivity index (χ0) is 13.1. The molecule has 0 nitrogen and oxygen atoms in total. The van der Waals surface area contributed by atoms with E-state index in [4.69, 9.17) is 11.6 Å². The first-order valence-corrected chi connectivity index (χ1v) is 8.15. The number of hydrogen-bond donors (Lipinski definition) is 0. The Kier molecular flexibility index (Phi) is 4.88. The van der Waals surface area contributed by atoms with Crippen LogP contribution in [0.3, 0.4) is 0 Å². The highest BCUT2D eigenvalue weighted by molar-refractivity contribution is 9.11. The molecule has 1 aromatic heterocycles. The summed E-state index contributed by atoms with van der Waals surface area (Å²) in [7, 11) is 0. The Hall–Kier alpha value is -0.310. The molecule has 0 bridgehead atoms. The van der Waals surface area contributed by atoms with Gasteiger partial charge in [0.2, 0.25) is 0 Å². The molecule has 2 atom stereocenters. The van der Waals surface area contributed by atoms with Crippen LogP contribution in [-0.4, -0.2) is 0 Å². The summed E-state index contributed by atoms with van der Waals surface area (Å²) >= 11 is 11.7. The van der Waals surface area contributed by atoms with Crippen LogP contribution >= 0.6 is 38.9 Å². The van der Waals surface area contributed by atoms with Gasteiger partial charge < -0.3 is 0 Å². The number of halogens is 2. The summed E-state index contributed by atoms with van der Waals surface area (Å²) in [6.07, 6.45) is 1.17. The third-order valence-electron chi connectivity index (χ3n) is 3.25. The van der Waals surface area contributed by atoms with Crippen molar-refractivity contribution in [1.82, 2.24) is 0 Å². The van der Waals surface area contributed by atoms with Gasteiger partial charge in [-0.1, -0.05) is 38.1 Å². The zero-order valence-electron chi connectivity index (χ0n) is 10.5. The van der Waals surface area contributed by atoms with Crippen molar-refractivity contribution in [1.29, 1.82) is 0 Å². The van der Waals surface area contributed by atoms with Gasteiger partial charge in [-0.2, -0.15) is 0 Å². The van der Waals surface area contributed by atoms with Crippen molar-refractivity contribution in [3.05, 3.63) is 56.2 Å². The molecular weight excluding hydrogens is 328 g/mol.